The fraction of sp³-hybridized carbons (Fsp3) is 0.278. The number of carbonyl (C=O) groups excluding carboxylic acids is 1. The fourth-order valence-corrected chi connectivity index (χ4v) is 3.23. The van der Waals surface area contributed by atoms with Crippen LogP contribution < -0.4 is 5.32 Å². The Balaban J connectivity index is 1.58. The van der Waals surface area contributed by atoms with Crippen LogP contribution >= 0.6 is 11.3 Å². The highest BCUT2D eigenvalue weighted by molar-refractivity contribution is 7.15. The maximum Gasteiger partial charge on any atom is 0.416 e. The number of aromatic nitrogens is 3. The lowest BCUT2D eigenvalue weighted by Crippen LogP contribution is -2.23. The van der Waals surface area contributed by atoms with Gasteiger partial charge in [-0.05, 0) is 18.2 Å². The highest BCUT2D eigenvalue weighted by atomic mass is 32.1. The van der Waals surface area contributed by atoms with E-state index < -0.39 is 11.7 Å². The maximum atomic E-state index is 12.6. The molecule has 3 rings (SSSR count). The molecule has 6 nitrogen and oxygen atoms in total. The normalized spacial score (nSPS) is 11.6. The average Bonchev–Trinajstić information content (AvgIpc) is 3.33. The molecule has 0 radical (unpaired) electrons. The van der Waals surface area contributed by atoms with Gasteiger partial charge in [0.05, 0.1) is 25.3 Å². The highest BCUT2D eigenvalue weighted by Gasteiger charge is 2.30. The van der Waals surface area contributed by atoms with E-state index in [4.69, 9.17) is 4.74 Å². The highest BCUT2D eigenvalue weighted by Crippen LogP contribution is 2.32. The summed E-state index contributed by atoms with van der Waals surface area (Å²) in [5, 5.41) is 7.50. The van der Waals surface area contributed by atoms with Gasteiger partial charge in [0.1, 0.15) is 10.7 Å². The first-order valence-electron chi connectivity index (χ1n) is 8.30. The van der Waals surface area contributed by atoms with E-state index in [1.54, 1.807) is 30.3 Å². The van der Waals surface area contributed by atoms with Gasteiger partial charge in [0.25, 0.3) is 5.91 Å². The van der Waals surface area contributed by atoms with E-state index >= 15 is 0 Å². The second-order valence-corrected chi connectivity index (χ2v) is 6.96. The van der Waals surface area contributed by atoms with Crippen LogP contribution in [0.25, 0.3) is 10.6 Å². The number of hydrogen-bond donors (Lipinski definition) is 1. The first-order chi connectivity index (χ1) is 13.4. The number of rotatable bonds is 7. The van der Waals surface area contributed by atoms with Crippen molar-refractivity contribution < 1.29 is 22.7 Å². The van der Waals surface area contributed by atoms with Crippen molar-refractivity contribution in [3.05, 3.63) is 58.9 Å². The molecule has 1 amide bonds. The molecule has 0 spiro atoms. The molecule has 2 aromatic heterocycles. The summed E-state index contributed by atoms with van der Waals surface area (Å²) in [5.41, 5.74) is 0.182. The molecule has 0 unspecified atom stereocenters. The zero-order chi connectivity index (χ0) is 20.1. The number of nitrogens with zero attached hydrogens (tertiary/aromatic N) is 3. The summed E-state index contributed by atoms with van der Waals surface area (Å²) in [6, 6.07) is 6.44. The molecule has 0 aliphatic heterocycles. The number of ether oxygens (including phenoxy) is 1. The number of alkyl halides is 3. The number of amides is 1. The summed E-state index contributed by atoms with van der Waals surface area (Å²) >= 11 is 1.30. The Kier molecular flexibility index (Phi) is 6.10. The van der Waals surface area contributed by atoms with E-state index in [0.29, 0.717) is 29.4 Å². The van der Waals surface area contributed by atoms with Crippen LogP contribution in [-0.2, 0) is 24.0 Å². The molecule has 1 aromatic carbocycles. The zero-order valence-corrected chi connectivity index (χ0v) is 15.7. The summed E-state index contributed by atoms with van der Waals surface area (Å²) < 4.78 is 44.5. The van der Waals surface area contributed by atoms with Gasteiger partial charge in [-0.15, -0.1) is 11.3 Å². The van der Waals surface area contributed by atoms with Gasteiger partial charge in [-0.25, -0.2) is 4.98 Å². The van der Waals surface area contributed by atoms with Crippen molar-refractivity contribution in [2.75, 3.05) is 13.7 Å². The minimum absolute atomic E-state index is 0.252. The molecule has 0 bridgehead atoms. The summed E-state index contributed by atoms with van der Waals surface area (Å²) in [4.78, 5) is 17.2. The largest absolute Gasteiger partial charge is 0.416 e. The summed E-state index contributed by atoms with van der Waals surface area (Å²) in [6.07, 6.45) is -1.08. The second-order valence-electron chi connectivity index (χ2n) is 5.85. The SMILES string of the molecule is COCCn1ccc(C(=O)NCc2cnc(-c3ccc(C(F)(F)F)cc3)s2)n1. The van der Waals surface area contributed by atoms with E-state index in [1.165, 1.54) is 23.5 Å². The van der Waals surface area contributed by atoms with E-state index in [-0.39, 0.29) is 12.5 Å². The van der Waals surface area contributed by atoms with E-state index in [1.807, 2.05) is 0 Å². The third-order valence-corrected chi connectivity index (χ3v) is 4.88. The number of halogens is 3. The van der Waals surface area contributed by atoms with Crippen LogP contribution in [0.3, 0.4) is 0 Å². The Labute approximate surface area is 163 Å². The quantitative estimate of drug-likeness (QED) is 0.646. The standard InChI is InChI=1S/C18H17F3N4O2S/c1-27-9-8-25-7-6-15(24-25)16(26)22-10-14-11-23-17(28-14)12-2-4-13(5-3-12)18(19,20)21/h2-7,11H,8-10H2,1H3,(H,22,26). The van der Waals surface area contributed by atoms with Crippen molar-refractivity contribution in [3.63, 3.8) is 0 Å². The maximum absolute atomic E-state index is 12.6. The van der Waals surface area contributed by atoms with Crippen LogP contribution in [0.4, 0.5) is 13.2 Å². The van der Waals surface area contributed by atoms with Crippen LogP contribution in [0.1, 0.15) is 20.9 Å². The van der Waals surface area contributed by atoms with E-state index in [0.717, 1.165) is 17.0 Å². The van der Waals surface area contributed by atoms with Crippen LogP contribution in [-0.4, -0.2) is 34.4 Å². The first-order valence-corrected chi connectivity index (χ1v) is 9.11. The van der Waals surface area contributed by atoms with Crippen LogP contribution in [0.2, 0.25) is 0 Å². The average molecular weight is 410 g/mol. The third kappa shape index (κ3) is 4.96. The number of hydrogen-bond acceptors (Lipinski definition) is 5. The molecule has 2 heterocycles. The van der Waals surface area contributed by atoms with Gasteiger partial charge in [-0.2, -0.15) is 18.3 Å². The fourth-order valence-electron chi connectivity index (χ4n) is 2.37. The number of carbonyl (C=O) groups is 1. The van der Waals surface area contributed by atoms with E-state index in [9.17, 15) is 18.0 Å². The van der Waals surface area contributed by atoms with Crippen molar-refractivity contribution in [1.29, 1.82) is 0 Å². The molecule has 0 atom stereocenters. The van der Waals surface area contributed by atoms with Crippen molar-refractivity contribution in [2.24, 2.45) is 0 Å². The lowest BCUT2D eigenvalue weighted by Gasteiger charge is -2.06. The van der Waals surface area contributed by atoms with Gasteiger partial charge in [0, 0.05) is 29.9 Å². The molecular weight excluding hydrogens is 393 g/mol. The number of thiazole rings is 1. The van der Waals surface area contributed by atoms with Gasteiger partial charge >= 0.3 is 6.18 Å². The topological polar surface area (TPSA) is 69.0 Å². The van der Waals surface area contributed by atoms with Crippen molar-refractivity contribution in [3.8, 4) is 10.6 Å². The molecule has 0 fully saturated rings. The van der Waals surface area contributed by atoms with Gasteiger partial charge in [0.15, 0.2) is 0 Å². The van der Waals surface area contributed by atoms with Crippen LogP contribution in [0, 0.1) is 0 Å². The van der Waals surface area contributed by atoms with Crippen molar-refractivity contribution in [2.45, 2.75) is 19.3 Å². The smallest absolute Gasteiger partial charge is 0.383 e. The van der Waals surface area contributed by atoms with Crippen molar-refractivity contribution >= 4 is 17.2 Å². The monoisotopic (exact) mass is 410 g/mol. The molecule has 10 heteroatoms. The number of methoxy groups -OCH3 is 1. The second kappa shape index (κ2) is 8.53. The predicted molar refractivity (Wildman–Crippen MR) is 97.8 cm³/mol. The lowest BCUT2D eigenvalue weighted by molar-refractivity contribution is -0.137. The minimum atomic E-state index is -4.37. The Hall–Kier alpha value is -2.72. The Morgan fingerprint density at radius 2 is 2.00 bits per heavy atom. The summed E-state index contributed by atoms with van der Waals surface area (Å²) in [6.45, 7) is 1.30. The van der Waals surface area contributed by atoms with Crippen LogP contribution in [0.5, 0.6) is 0 Å². The molecule has 148 valence electrons. The van der Waals surface area contributed by atoms with Crippen molar-refractivity contribution in [1.82, 2.24) is 20.1 Å². The Bertz CT molecular complexity index is 935. The van der Waals surface area contributed by atoms with Gasteiger partial charge in [-0.1, -0.05) is 12.1 Å². The number of benzene rings is 1. The lowest BCUT2D eigenvalue weighted by atomic mass is 10.1. The zero-order valence-electron chi connectivity index (χ0n) is 14.9. The Morgan fingerprint density at radius 3 is 2.68 bits per heavy atom. The molecule has 1 N–H and O–H groups in total. The molecule has 0 aliphatic carbocycles. The van der Waals surface area contributed by atoms with Gasteiger partial charge < -0.3 is 10.1 Å². The predicted octanol–water partition coefficient (Wildman–Crippen LogP) is 3.60. The van der Waals surface area contributed by atoms with Gasteiger partial charge in [-0.3, -0.25) is 9.48 Å². The molecule has 0 saturated heterocycles. The first kappa shape index (κ1) is 20.0. The molecular formula is C18H17F3N4O2S. The summed E-state index contributed by atoms with van der Waals surface area (Å²) in [5.74, 6) is -0.319. The Morgan fingerprint density at radius 1 is 1.25 bits per heavy atom. The molecule has 0 aliphatic rings. The number of nitrogens with one attached hydrogen (secondary N) is 1. The summed E-state index contributed by atoms with van der Waals surface area (Å²) in [7, 11) is 1.59. The molecule has 28 heavy (non-hydrogen) atoms. The third-order valence-electron chi connectivity index (χ3n) is 3.83. The van der Waals surface area contributed by atoms with Crippen LogP contribution in [0.15, 0.2) is 42.7 Å². The van der Waals surface area contributed by atoms with Gasteiger partial charge in [0.2, 0.25) is 0 Å². The molecule has 3 aromatic rings. The minimum Gasteiger partial charge on any atom is -0.383 e. The molecule has 0 saturated carbocycles. The van der Waals surface area contributed by atoms with E-state index in [2.05, 4.69) is 15.4 Å².